The van der Waals surface area contributed by atoms with Crippen LogP contribution < -0.4 is 0 Å². The van der Waals surface area contributed by atoms with Gasteiger partial charge >= 0.3 is 0 Å². The second-order valence-corrected chi connectivity index (χ2v) is 2.55. The van der Waals surface area contributed by atoms with Gasteiger partial charge in [-0.25, -0.2) is 0 Å². The molecule has 1 heterocycles. The Bertz CT molecular complexity index is 331. The number of hydrogen-bond acceptors (Lipinski definition) is 3. The van der Waals surface area contributed by atoms with Crippen molar-refractivity contribution < 1.29 is 4.79 Å². The Balaban J connectivity index is 3.22. The number of carbonyl (C=O) groups is 1. The number of rotatable bonds is 2. The minimum Gasteiger partial charge on any atom is -0.289 e. The lowest BCUT2D eigenvalue weighted by Gasteiger charge is -1.99. The van der Waals surface area contributed by atoms with Gasteiger partial charge in [0.1, 0.15) is 0 Å². The fraction of sp³-hybridized carbons (Fsp3) is 0.222. The first-order valence-corrected chi connectivity index (χ1v) is 3.63. The number of nitrogens with zero attached hydrogens (tertiary/aromatic N) is 2. The normalized spacial score (nSPS) is 9.50. The molecule has 0 aliphatic carbocycles. The van der Waals surface area contributed by atoms with E-state index in [1.807, 2.05) is 0 Å². The molecule has 0 aromatic carbocycles. The zero-order chi connectivity index (χ0) is 9.14. The van der Waals surface area contributed by atoms with E-state index in [2.05, 4.69) is 16.8 Å². The van der Waals surface area contributed by atoms with E-state index in [9.17, 15) is 4.79 Å². The second-order valence-electron chi connectivity index (χ2n) is 2.55. The molecule has 0 saturated carbocycles. The molecule has 0 fully saturated rings. The van der Waals surface area contributed by atoms with Crippen molar-refractivity contribution in [2.24, 2.45) is 0 Å². The van der Waals surface area contributed by atoms with Crippen molar-refractivity contribution in [3.05, 3.63) is 35.7 Å². The highest BCUT2D eigenvalue weighted by molar-refractivity contribution is 6.04. The summed E-state index contributed by atoms with van der Waals surface area (Å²) in [5.74, 6) is -0.106. The van der Waals surface area contributed by atoms with Gasteiger partial charge < -0.3 is 0 Å². The SMILES string of the molecule is C=CC(=O)c1cc(C)nnc1C. The van der Waals surface area contributed by atoms with Gasteiger partial charge in [-0.15, -0.1) is 0 Å². The van der Waals surface area contributed by atoms with Crippen molar-refractivity contribution in [1.29, 1.82) is 0 Å². The molecule has 0 radical (unpaired) electrons. The third kappa shape index (κ3) is 1.56. The number of carbonyl (C=O) groups excluding carboxylic acids is 1. The third-order valence-corrected chi connectivity index (χ3v) is 1.55. The Hall–Kier alpha value is -1.51. The molecule has 12 heavy (non-hydrogen) atoms. The third-order valence-electron chi connectivity index (χ3n) is 1.55. The smallest absolute Gasteiger partial charge is 0.187 e. The summed E-state index contributed by atoms with van der Waals surface area (Å²) in [5.41, 5.74) is 1.97. The predicted octanol–water partition coefficient (Wildman–Crippen LogP) is 1.46. The van der Waals surface area contributed by atoms with E-state index in [-0.39, 0.29) is 5.78 Å². The van der Waals surface area contributed by atoms with Crippen LogP contribution >= 0.6 is 0 Å². The molecule has 1 aromatic heterocycles. The van der Waals surface area contributed by atoms with Gasteiger partial charge in [-0.1, -0.05) is 6.58 Å². The number of aromatic nitrogens is 2. The molecule has 0 N–H and O–H groups in total. The quantitative estimate of drug-likeness (QED) is 0.488. The molecule has 0 unspecified atom stereocenters. The van der Waals surface area contributed by atoms with E-state index in [0.717, 1.165) is 5.69 Å². The largest absolute Gasteiger partial charge is 0.289 e. The highest BCUT2D eigenvalue weighted by atomic mass is 16.1. The standard InChI is InChI=1S/C9H10N2O/c1-4-9(12)8-5-6(2)10-11-7(8)3/h4-5H,1H2,2-3H3. The molecule has 0 saturated heterocycles. The number of aryl methyl sites for hydroxylation is 2. The molecule has 3 nitrogen and oxygen atoms in total. The second kappa shape index (κ2) is 3.26. The molecule has 1 aromatic rings. The Morgan fingerprint density at radius 2 is 2.17 bits per heavy atom. The van der Waals surface area contributed by atoms with Gasteiger partial charge in [0.15, 0.2) is 5.78 Å². The zero-order valence-corrected chi connectivity index (χ0v) is 7.16. The highest BCUT2D eigenvalue weighted by Gasteiger charge is 2.06. The maximum Gasteiger partial charge on any atom is 0.187 e. The van der Waals surface area contributed by atoms with E-state index in [0.29, 0.717) is 11.3 Å². The van der Waals surface area contributed by atoms with Crippen LogP contribution in [-0.2, 0) is 0 Å². The first-order valence-electron chi connectivity index (χ1n) is 3.63. The van der Waals surface area contributed by atoms with Gasteiger partial charge in [0.25, 0.3) is 0 Å². The van der Waals surface area contributed by atoms with Gasteiger partial charge in [-0.05, 0) is 26.0 Å². The molecule has 0 aliphatic heterocycles. The average Bonchev–Trinajstić information content (AvgIpc) is 2.08. The molecular weight excluding hydrogens is 152 g/mol. The zero-order valence-electron chi connectivity index (χ0n) is 7.16. The van der Waals surface area contributed by atoms with Crippen LogP contribution in [0.1, 0.15) is 21.7 Å². The Labute approximate surface area is 71.1 Å². The Kier molecular flexibility index (Phi) is 2.33. The maximum atomic E-state index is 11.2. The fourth-order valence-electron chi connectivity index (χ4n) is 0.909. The summed E-state index contributed by atoms with van der Waals surface area (Å²) in [6, 6.07) is 1.71. The lowest BCUT2D eigenvalue weighted by Crippen LogP contribution is -2.02. The molecule has 0 bridgehead atoms. The van der Waals surface area contributed by atoms with Crippen molar-refractivity contribution in [2.45, 2.75) is 13.8 Å². The van der Waals surface area contributed by atoms with Crippen LogP contribution in [0.5, 0.6) is 0 Å². The molecular formula is C9H10N2O. The predicted molar refractivity (Wildman–Crippen MR) is 46.0 cm³/mol. The summed E-state index contributed by atoms with van der Waals surface area (Å²) in [6.45, 7) is 6.96. The number of hydrogen-bond donors (Lipinski definition) is 0. The van der Waals surface area contributed by atoms with Crippen molar-refractivity contribution in [3.8, 4) is 0 Å². The van der Waals surface area contributed by atoms with E-state index in [4.69, 9.17) is 0 Å². The molecule has 0 aliphatic rings. The molecule has 62 valence electrons. The van der Waals surface area contributed by atoms with Crippen LogP contribution in [0.25, 0.3) is 0 Å². The fourth-order valence-corrected chi connectivity index (χ4v) is 0.909. The maximum absolute atomic E-state index is 11.2. The van der Waals surface area contributed by atoms with Crippen molar-refractivity contribution in [3.63, 3.8) is 0 Å². The molecule has 3 heteroatoms. The lowest BCUT2D eigenvalue weighted by atomic mass is 10.1. The van der Waals surface area contributed by atoms with Gasteiger partial charge in [0.2, 0.25) is 0 Å². The monoisotopic (exact) mass is 162 g/mol. The summed E-state index contributed by atoms with van der Waals surface area (Å²) < 4.78 is 0. The summed E-state index contributed by atoms with van der Waals surface area (Å²) in [4.78, 5) is 11.2. The van der Waals surface area contributed by atoms with Crippen molar-refractivity contribution in [2.75, 3.05) is 0 Å². The van der Waals surface area contributed by atoms with Crippen LogP contribution in [0.2, 0.25) is 0 Å². The van der Waals surface area contributed by atoms with Crippen LogP contribution in [0.3, 0.4) is 0 Å². The van der Waals surface area contributed by atoms with E-state index in [1.165, 1.54) is 6.08 Å². The van der Waals surface area contributed by atoms with Gasteiger partial charge in [-0.3, -0.25) is 4.79 Å². The minimum atomic E-state index is -0.106. The number of ketones is 1. The summed E-state index contributed by atoms with van der Waals surface area (Å²) in [5, 5.41) is 7.65. The average molecular weight is 162 g/mol. The molecule has 0 amide bonds. The van der Waals surface area contributed by atoms with Gasteiger partial charge in [0, 0.05) is 5.56 Å². The van der Waals surface area contributed by atoms with Crippen molar-refractivity contribution in [1.82, 2.24) is 10.2 Å². The summed E-state index contributed by atoms with van der Waals surface area (Å²) in [6.07, 6.45) is 1.28. The Morgan fingerprint density at radius 1 is 1.50 bits per heavy atom. The van der Waals surface area contributed by atoms with E-state index in [1.54, 1.807) is 19.9 Å². The minimum absolute atomic E-state index is 0.106. The van der Waals surface area contributed by atoms with Crippen molar-refractivity contribution >= 4 is 5.78 Å². The first kappa shape index (κ1) is 8.59. The lowest BCUT2D eigenvalue weighted by molar-refractivity contribution is 0.104. The summed E-state index contributed by atoms with van der Waals surface area (Å²) in [7, 11) is 0. The topological polar surface area (TPSA) is 42.9 Å². The highest BCUT2D eigenvalue weighted by Crippen LogP contribution is 2.06. The van der Waals surface area contributed by atoms with Crippen LogP contribution in [0.4, 0.5) is 0 Å². The first-order chi connectivity index (χ1) is 5.65. The van der Waals surface area contributed by atoms with Crippen LogP contribution in [-0.4, -0.2) is 16.0 Å². The van der Waals surface area contributed by atoms with E-state index >= 15 is 0 Å². The van der Waals surface area contributed by atoms with Gasteiger partial charge in [0.05, 0.1) is 11.4 Å². The van der Waals surface area contributed by atoms with Crippen LogP contribution in [0.15, 0.2) is 18.7 Å². The summed E-state index contributed by atoms with van der Waals surface area (Å²) >= 11 is 0. The molecule has 0 spiro atoms. The molecule has 0 atom stereocenters. The van der Waals surface area contributed by atoms with Crippen LogP contribution in [0, 0.1) is 13.8 Å². The van der Waals surface area contributed by atoms with E-state index < -0.39 is 0 Å². The number of allylic oxidation sites excluding steroid dienone is 1. The molecule has 1 rings (SSSR count). The Morgan fingerprint density at radius 3 is 2.75 bits per heavy atom. The van der Waals surface area contributed by atoms with Gasteiger partial charge in [-0.2, -0.15) is 10.2 Å².